The normalized spacial score (nSPS) is 24.7. The molecule has 4 unspecified atom stereocenters. The van der Waals surface area contributed by atoms with Crippen LogP contribution in [0.15, 0.2) is 29.9 Å². The lowest BCUT2D eigenvalue weighted by Gasteiger charge is -2.57. The highest BCUT2D eigenvalue weighted by Crippen LogP contribution is 2.63. The molecule has 0 radical (unpaired) electrons. The Balaban J connectivity index is 1.34. The Hall–Kier alpha value is -1.12. The second-order valence-corrected chi connectivity index (χ2v) is 26.7. The van der Waals surface area contributed by atoms with E-state index in [1.807, 2.05) is 0 Å². The SMILES string of the molecule is CCCCCCCCCCCCCCC1(C)Cc2cc3c(cc2C1)C(CCCC)(CCCC)C1=CC2C(C=C13)CCC2[Si](C)(C)N(C(C)(C)C)C(C)(C)C. The van der Waals surface area contributed by atoms with E-state index in [-0.39, 0.29) is 16.5 Å². The molecule has 4 aliphatic rings. The Labute approximate surface area is 338 Å². The molecule has 1 fully saturated rings. The third kappa shape index (κ3) is 9.59. The van der Waals surface area contributed by atoms with E-state index in [0.717, 1.165) is 5.54 Å². The van der Waals surface area contributed by atoms with Crippen molar-refractivity contribution in [3.05, 3.63) is 52.1 Å². The van der Waals surface area contributed by atoms with Crippen LogP contribution in [0, 0.1) is 17.3 Å². The van der Waals surface area contributed by atoms with Gasteiger partial charge in [0.1, 0.15) is 8.24 Å². The van der Waals surface area contributed by atoms with Crippen LogP contribution in [0.5, 0.6) is 0 Å². The van der Waals surface area contributed by atoms with Gasteiger partial charge in [-0.25, -0.2) is 0 Å². The van der Waals surface area contributed by atoms with Gasteiger partial charge < -0.3 is 4.57 Å². The molecule has 1 aromatic carbocycles. The number of hydrogen-bond donors (Lipinski definition) is 0. The van der Waals surface area contributed by atoms with Gasteiger partial charge in [-0.1, -0.05) is 174 Å². The quantitative estimate of drug-likeness (QED) is 0.0892. The van der Waals surface area contributed by atoms with Crippen molar-refractivity contribution in [2.75, 3.05) is 0 Å². The van der Waals surface area contributed by atoms with Crippen LogP contribution >= 0.6 is 0 Å². The summed E-state index contributed by atoms with van der Waals surface area (Å²) in [5, 5.41) is 0. The van der Waals surface area contributed by atoms with Gasteiger partial charge in [-0.3, -0.25) is 0 Å². The largest absolute Gasteiger partial charge is 0.314 e. The van der Waals surface area contributed by atoms with Crippen molar-refractivity contribution >= 4 is 13.8 Å². The number of unbranched alkanes of at least 4 members (excludes halogenated alkanes) is 13. The molecule has 0 spiro atoms. The highest BCUT2D eigenvalue weighted by Gasteiger charge is 2.55. The Morgan fingerprint density at radius 3 is 1.65 bits per heavy atom. The van der Waals surface area contributed by atoms with Gasteiger partial charge in [-0.05, 0) is 136 Å². The summed E-state index contributed by atoms with van der Waals surface area (Å²) in [6, 6.07) is 5.58. The average molecular weight is 756 g/mol. The molecule has 0 amide bonds. The van der Waals surface area contributed by atoms with Crippen LogP contribution < -0.4 is 0 Å². The first-order valence-electron chi connectivity index (χ1n) is 23.9. The first-order valence-corrected chi connectivity index (χ1v) is 27.0. The monoisotopic (exact) mass is 756 g/mol. The zero-order valence-corrected chi connectivity index (χ0v) is 39.3. The van der Waals surface area contributed by atoms with Crippen LogP contribution in [0.2, 0.25) is 18.6 Å². The number of hydrogen-bond acceptors (Lipinski definition) is 1. The second kappa shape index (κ2) is 18.2. The molecule has 0 aromatic heterocycles. The van der Waals surface area contributed by atoms with Gasteiger partial charge in [-0.2, -0.15) is 0 Å². The van der Waals surface area contributed by atoms with Gasteiger partial charge in [0, 0.05) is 16.5 Å². The summed E-state index contributed by atoms with van der Waals surface area (Å²) in [6.07, 6.45) is 37.8. The molecule has 4 aliphatic carbocycles. The highest BCUT2D eigenvalue weighted by atomic mass is 28.3. The minimum Gasteiger partial charge on any atom is -0.314 e. The molecule has 1 aromatic rings. The van der Waals surface area contributed by atoms with Gasteiger partial charge in [0.2, 0.25) is 0 Å². The molecule has 2 heteroatoms. The maximum atomic E-state index is 3.02. The molecular formula is C52H89NSi. The first-order chi connectivity index (χ1) is 25.5. The Bertz CT molecular complexity index is 1410. The summed E-state index contributed by atoms with van der Waals surface area (Å²) >= 11 is 0. The number of nitrogens with zero attached hydrogens (tertiary/aromatic N) is 1. The van der Waals surface area contributed by atoms with E-state index in [4.69, 9.17) is 0 Å². The second-order valence-electron chi connectivity index (χ2n) is 22.2. The van der Waals surface area contributed by atoms with Crippen molar-refractivity contribution < 1.29 is 0 Å². The van der Waals surface area contributed by atoms with Gasteiger partial charge in [-0.15, -0.1) is 0 Å². The molecule has 5 rings (SSSR count). The Morgan fingerprint density at radius 1 is 0.630 bits per heavy atom. The summed E-state index contributed by atoms with van der Waals surface area (Å²) in [6.45, 7) is 30.1. The lowest BCUT2D eigenvalue weighted by molar-refractivity contribution is 0.122. The van der Waals surface area contributed by atoms with Crippen molar-refractivity contribution in [2.24, 2.45) is 17.3 Å². The van der Waals surface area contributed by atoms with E-state index in [1.165, 1.54) is 148 Å². The fraction of sp³-hybridized carbons (Fsp3) is 0.808. The number of allylic oxidation sites excluding steroid dienone is 4. The van der Waals surface area contributed by atoms with Crippen LogP contribution in [-0.2, 0) is 18.3 Å². The zero-order valence-electron chi connectivity index (χ0n) is 38.3. The molecule has 0 bridgehead atoms. The van der Waals surface area contributed by atoms with E-state index in [0.29, 0.717) is 17.3 Å². The smallest absolute Gasteiger partial charge is 0.126 e. The molecule has 54 heavy (non-hydrogen) atoms. The van der Waals surface area contributed by atoms with Gasteiger partial charge in [0.05, 0.1) is 0 Å². The summed E-state index contributed by atoms with van der Waals surface area (Å²) in [5.41, 5.74) is 12.1. The molecule has 0 aliphatic heterocycles. The van der Waals surface area contributed by atoms with Crippen LogP contribution in [0.25, 0.3) is 5.57 Å². The van der Waals surface area contributed by atoms with E-state index in [2.05, 4.69) is 111 Å². The molecule has 306 valence electrons. The predicted molar refractivity (Wildman–Crippen MR) is 243 cm³/mol. The Morgan fingerprint density at radius 2 is 1.13 bits per heavy atom. The molecule has 1 saturated carbocycles. The van der Waals surface area contributed by atoms with Crippen molar-refractivity contribution in [1.29, 1.82) is 0 Å². The number of rotatable bonds is 21. The molecular weight excluding hydrogens is 667 g/mol. The van der Waals surface area contributed by atoms with Crippen LogP contribution in [0.4, 0.5) is 0 Å². The van der Waals surface area contributed by atoms with Crippen LogP contribution in [0.1, 0.15) is 226 Å². The Kier molecular flexibility index (Phi) is 14.8. The molecule has 0 saturated heterocycles. The van der Waals surface area contributed by atoms with E-state index in [9.17, 15) is 0 Å². The minimum absolute atomic E-state index is 0.173. The highest BCUT2D eigenvalue weighted by molar-refractivity contribution is 6.76. The topological polar surface area (TPSA) is 3.24 Å². The molecule has 0 N–H and O–H groups in total. The lowest BCUT2D eigenvalue weighted by Crippen LogP contribution is -2.67. The lowest BCUT2D eigenvalue weighted by atomic mass is 9.68. The maximum Gasteiger partial charge on any atom is 0.126 e. The molecule has 4 atom stereocenters. The van der Waals surface area contributed by atoms with E-state index < -0.39 is 8.24 Å². The third-order valence-corrected chi connectivity index (χ3v) is 20.1. The van der Waals surface area contributed by atoms with Gasteiger partial charge >= 0.3 is 0 Å². The van der Waals surface area contributed by atoms with Crippen LogP contribution in [0.3, 0.4) is 0 Å². The van der Waals surface area contributed by atoms with Gasteiger partial charge in [0.25, 0.3) is 0 Å². The summed E-state index contributed by atoms with van der Waals surface area (Å²) in [5.74, 6) is 1.40. The minimum atomic E-state index is -1.80. The number of fused-ring (bicyclic) bond motifs is 5. The fourth-order valence-corrected chi connectivity index (χ4v) is 19.4. The van der Waals surface area contributed by atoms with Crippen molar-refractivity contribution in [3.8, 4) is 0 Å². The number of benzene rings is 1. The third-order valence-electron chi connectivity index (χ3n) is 15.1. The van der Waals surface area contributed by atoms with Crippen molar-refractivity contribution in [2.45, 2.75) is 252 Å². The summed E-state index contributed by atoms with van der Waals surface area (Å²) < 4.78 is 3.02. The average Bonchev–Trinajstić information content (AvgIpc) is 3.73. The van der Waals surface area contributed by atoms with E-state index >= 15 is 0 Å². The maximum absolute atomic E-state index is 3.02. The zero-order chi connectivity index (χ0) is 39.4. The van der Waals surface area contributed by atoms with Crippen LogP contribution in [-0.4, -0.2) is 23.9 Å². The molecule has 0 heterocycles. The standard InChI is InChI=1S/C52H89NSi/c1-13-16-19-20-21-22-23-24-25-26-27-28-31-51(10)38-41-35-45-44-34-40-29-30-48(54(11,12)53(49(4,5)6)50(7,8)9)43(40)37-47(44)52(32-17-14-2,33-18-15-3)46(45)36-42(41)39-51/h34-37,40,43,48H,13-33,38-39H2,1-12H3. The first kappa shape index (κ1) is 44.0. The summed E-state index contributed by atoms with van der Waals surface area (Å²) in [7, 11) is -1.80. The van der Waals surface area contributed by atoms with Crippen molar-refractivity contribution in [3.63, 3.8) is 0 Å². The van der Waals surface area contributed by atoms with Gasteiger partial charge in [0.15, 0.2) is 0 Å². The van der Waals surface area contributed by atoms with E-state index in [1.54, 1.807) is 33.4 Å². The predicted octanol–water partition coefficient (Wildman–Crippen LogP) is 16.3. The summed E-state index contributed by atoms with van der Waals surface area (Å²) in [4.78, 5) is 0. The fourth-order valence-electron chi connectivity index (χ4n) is 13.4. The molecule has 1 nitrogen and oxygen atoms in total. The van der Waals surface area contributed by atoms with Crippen molar-refractivity contribution in [1.82, 2.24) is 4.57 Å².